The average molecular weight is 314 g/mol. The number of hydrogen-bond donors (Lipinski definition) is 1. The van der Waals surface area contributed by atoms with Gasteiger partial charge in [-0.15, -0.1) is 0 Å². The van der Waals surface area contributed by atoms with Crippen LogP contribution in [0.3, 0.4) is 0 Å². The lowest BCUT2D eigenvalue weighted by molar-refractivity contribution is -0.141. The molecule has 23 heavy (non-hydrogen) atoms. The fourth-order valence-electron chi connectivity index (χ4n) is 3.81. The highest BCUT2D eigenvalue weighted by Crippen LogP contribution is 2.36. The molecule has 4 heteroatoms. The van der Waals surface area contributed by atoms with Gasteiger partial charge in [-0.1, -0.05) is 26.2 Å². The van der Waals surface area contributed by atoms with Crippen molar-refractivity contribution in [1.82, 2.24) is 9.55 Å². The van der Waals surface area contributed by atoms with Crippen LogP contribution >= 0.6 is 0 Å². The molecule has 124 valence electrons. The van der Waals surface area contributed by atoms with E-state index < -0.39 is 12.0 Å². The van der Waals surface area contributed by atoms with Crippen molar-refractivity contribution in [3.8, 4) is 0 Å². The fraction of sp³-hybridized carbons (Fsp3) is 0.579. The minimum absolute atomic E-state index is 0.394. The molecule has 1 heterocycles. The topological polar surface area (TPSA) is 55.1 Å². The molecule has 1 saturated carbocycles. The molecule has 1 unspecified atom stereocenters. The van der Waals surface area contributed by atoms with E-state index >= 15 is 0 Å². The number of carbonyl (C=O) groups is 1. The molecule has 4 nitrogen and oxygen atoms in total. The summed E-state index contributed by atoms with van der Waals surface area (Å²) in [6.07, 6.45) is 6.54. The Morgan fingerprint density at radius 2 is 1.91 bits per heavy atom. The van der Waals surface area contributed by atoms with Gasteiger partial charge in [-0.3, -0.25) is 0 Å². The van der Waals surface area contributed by atoms with Gasteiger partial charge >= 0.3 is 5.97 Å². The van der Waals surface area contributed by atoms with Crippen molar-refractivity contribution in [2.75, 3.05) is 0 Å². The Balaban J connectivity index is 2.22. The fourth-order valence-corrected chi connectivity index (χ4v) is 3.81. The predicted molar refractivity (Wildman–Crippen MR) is 92.0 cm³/mol. The first-order valence-corrected chi connectivity index (χ1v) is 8.74. The maximum absolute atomic E-state index is 11.8. The zero-order valence-electron chi connectivity index (χ0n) is 14.3. The Labute approximate surface area is 137 Å². The minimum Gasteiger partial charge on any atom is -0.480 e. The second-order valence-corrected chi connectivity index (χ2v) is 6.86. The molecular formula is C19H26N2O2. The molecule has 1 aliphatic carbocycles. The number of rotatable bonds is 4. The molecule has 1 aliphatic rings. The van der Waals surface area contributed by atoms with Gasteiger partial charge in [0.25, 0.3) is 0 Å². The smallest absolute Gasteiger partial charge is 0.326 e. The number of aromatic nitrogens is 2. The highest BCUT2D eigenvalue weighted by atomic mass is 16.4. The van der Waals surface area contributed by atoms with Crippen LogP contribution in [0.1, 0.15) is 74.4 Å². The van der Waals surface area contributed by atoms with Gasteiger partial charge in [0.1, 0.15) is 11.9 Å². The Morgan fingerprint density at radius 3 is 2.52 bits per heavy atom. The lowest BCUT2D eigenvalue weighted by atomic mass is 9.88. The number of imidazole rings is 1. The number of carboxylic acid groups (broad SMARTS) is 1. The number of carboxylic acids is 1. The van der Waals surface area contributed by atoms with Gasteiger partial charge in [-0.2, -0.15) is 0 Å². The number of aliphatic carboxylic acids is 1. The quantitative estimate of drug-likeness (QED) is 0.887. The van der Waals surface area contributed by atoms with E-state index in [1.165, 1.54) is 30.4 Å². The molecule has 0 radical (unpaired) electrons. The molecule has 1 atom stereocenters. The van der Waals surface area contributed by atoms with E-state index in [9.17, 15) is 9.90 Å². The van der Waals surface area contributed by atoms with Gasteiger partial charge < -0.3 is 9.67 Å². The van der Waals surface area contributed by atoms with Crippen molar-refractivity contribution >= 4 is 17.0 Å². The summed E-state index contributed by atoms with van der Waals surface area (Å²) in [5.41, 5.74) is 4.31. The molecule has 2 aromatic rings. The molecular weight excluding hydrogens is 288 g/mol. The van der Waals surface area contributed by atoms with Crippen LogP contribution in [0, 0.1) is 13.8 Å². The molecule has 0 bridgehead atoms. The van der Waals surface area contributed by atoms with Crippen LogP contribution in [0.4, 0.5) is 0 Å². The largest absolute Gasteiger partial charge is 0.480 e. The van der Waals surface area contributed by atoms with Crippen LogP contribution in [0.2, 0.25) is 0 Å². The van der Waals surface area contributed by atoms with E-state index in [1.54, 1.807) is 0 Å². The van der Waals surface area contributed by atoms with Crippen molar-refractivity contribution in [3.05, 3.63) is 29.1 Å². The van der Waals surface area contributed by atoms with E-state index in [4.69, 9.17) is 4.98 Å². The molecule has 0 spiro atoms. The first-order valence-electron chi connectivity index (χ1n) is 8.74. The summed E-state index contributed by atoms with van der Waals surface area (Å²) in [5.74, 6) is 0.617. The Morgan fingerprint density at radius 1 is 1.26 bits per heavy atom. The van der Waals surface area contributed by atoms with Gasteiger partial charge in [-0.25, -0.2) is 9.78 Å². The second-order valence-electron chi connectivity index (χ2n) is 6.86. The summed E-state index contributed by atoms with van der Waals surface area (Å²) in [5, 5.41) is 9.70. The Kier molecular flexibility index (Phi) is 4.42. The van der Waals surface area contributed by atoms with E-state index in [1.807, 2.05) is 11.5 Å². The normalized spacial score (nSPS) is 17.5. The van der Waals surface area contributed by atoms with Crippen LogP contribution in [-0.4, -0.2) is 20.6 Å². The van der Waals surface area contributed by atoms with Crippen molar-refractivity contribution in [2.45, 2.75) is 71.3 Å². The number of benzene rings is 1. The first-order chi connectivity index (χ1) is 11.0. The standard InChI is InChI=1S/C19H26N2O2/c1-4-16(19(22)23)21-17-11-13(3)12(2)10-15(17)20-18(21)14-8-6-5-7-9-14/h10-11,14,16H,4-9H2,1-3H3,(H,22,23). The van der Waals surface area contributed by atoms with Crippen LogP contribution in [-0.2, 0) is 4.79 Å². The van der Waals surface area contributed by atoms with Gasteiger partial charge in [-0.05, 0) is 56.4 Å². The highest BCUT2D eigenvalue weighted by molar-refractivity contribution is 5.82. The lowest BCUT2D eigenvalue weighted by Gasteiger charge is -2.24. The minimum atomic E-state index is -0.762. The lowest BCUT2D eigenvalue weighted by Crippen LogP contribution is -2.22. The maximum Gasteiger partial charge on any atom is 0.326 e. The number of nitrogens with zero attached hydrogens (tertiary/aromatic N) is 2. The van der Waals surface area contributed by atoms with Crippen molar-refractivity contribution in [1.29, 1.82) is 0 Å². The number of aryl methyl sites for hydroxylation is 2. The zero-order valence-corrected chi connectivity index (χ0v) is 14.3. The Hall–Kier alpha value is -1.84. The molecule has 0 aliphatic heterocycles. The van der Waals surface area contributed by atoms with E-state index in [0.717, 1.165) is 29.7 Å². The zero-order chi connectivity index (χ0) is 16.6. The highest BCUT2D eigenvalue weighted by Gasteiger charge is 2.28. The Bertz CT molecular complexity index is 727. The van der Waals surface area contributed by atoms with Crippen molar-refractivity contribution in [3.63, 3.8) is 0 Å². The number of fused-ring (bicyclic) bond motifs is 1. The first kappa shape index (κ1) is 16.0. The summed E-state index contributed by atoms with van der Waals surface area (Å²) >= 11 is 0. The van der Waals surface area contributed by atoms with E-state index in [0.29, 0.717) is 12.3 Å². The van der Waals surface area contributed by atoms with Crippen LogP contribution in [0.25, 0.3) is 11.0 Å². The maximum atomic E-state index is 11.8. The molecule has 1 fully saturated rings. The summed E-state index contributed by atoms with van der Waals surface area (Å²) in [7, 11) is 0. The number of hydrogen-bond acceptors (Lipinski definition) is 2. The second kappa shape index (κ2) is 6.34. The molecule has 1 aromatic heterocycles. The molecule has 0 saturated heterocycles. The predicted octanol–water partition coefficient (Wildman–Crippen LogP) is 4.74. The molecule has 0 amide bonds. The third kappa shape index (κ3) is 2.87. The molecule has 1 aromatic carbocycles. The third-order valence-electron chi connectivity index (χ3n) is 5.29. The summed E-state index contributed by atoms with van der Waals surface area (Å²) in [6.45, 7) is 6.10. The van der Waals surface area contributed by atoms with E-state index in [2.05, 4.69) is 26.0 Å². The van der Waals surface area contributed by atoms with Crippen LogP contribution in [0.5, 0.6) is 0 Å². The van der Waals surface area contributed by atoms with Crippen molar-refractivity contribution < 1.29 is 9.90 Å². The van der Waals surface area contributed by atoms with Crippen LogP contribution in [0.15, 0.2) is 12.1 Å². The summed E-state index contributed by atoms with van der Waals surface area (Å²) < 4.78 is 2.01. The van der Waals surface area contributed by atoms with Gasteiger partial charge in [0.05, 0.1) is 11.0 Å². The SMILES string of the molecule is CCC(C(=O)O)n1c(C2CCCCC2)nc2cc(C)c(C)cc21. The van der Waals surface area contributed by atoms with Gasteiger partial charge in [0.15, 0.2) is 0 Å². The van der Waals surface area contributed by atoms with E-state index in [-0.39, 0.29) is 0 Å². The van der Waals surface area contributed by atoms with Gasteiger partial charge in [0, 0.05) is 5.92 Å². The molecule has 1 N–H and O–H groups in total. The van der Waals surface area contributed by atoms with Crippen LogP contribution < -0.4 is 0 Å². The average Bonchev–Trinajstić information content (AvgIpc) is 2.88. The summed E-state index contributed by atoms with van der Waals surface area (Å²) in [4.78, 5) is 16.7. The molecule has 3 rings (SSSR count). The van der Waals surface area contributed by atoms with Gasteiger partial charge in [0.2, 0.25) is 0 Å². The summed E-state index contributed by atoms with van der Waals surface area (Å²) in [6, 6.07) is 3.68. The van der Waals surface area contributed by atoms with Crippen molar-refractivity contribution in [2.24, 2.45) is 0 Å². The monoisotopic (exact) mass is 314 g/mol. The third-order valence-corrected chi connectivity index (χ3v) is 5.29.